The summed E-state index contributed by atoms with van der Waals surface area (Å²) in [7, 11) is 0. The molecule has 19 heavy (non-hydrogen) atoms. The second-order valence-corrected chi connectivity index (χ2v) is 5.66. The van der Waals surface area contributed by atoms with E-state index < -0.39 is 0 Å². The third-order valence-electron chi connectivity index (χ3n) is 3.61. The van der Waals surface area contributed by atoms with Crippen molar-refractivity contribution in [2.75, 3.05) is 0 Å². The molecule has 0 saturated heterocycles. The van der Waals surface area contributed by atoms with Crippen molar-refractivity contribution in [1.82, 2.24) is 14.6 Å². The lowest BCUT2D eigenvalue weighted by Crippen LogP contribution is -2.30. The van der Waals surface area contributed by atoms with E-state index in [-0.39, 0.29) is 0 Å². The van der Waals surface area contributed by atoms with Crippen molar-refractivity contribution in [3.05, 3.63) is 48.2 Å². The first-order valence-corrected chi connectivity index (χ1v) is 6.98. The zero-order valence-corrected chi connectivity index (χ0v) is 10.8. The fraction of sp³-hybridized carbons (Fsp3) is 0.0714. The number of thiazole rings is 1. The molecule has 90 valence electrons. The molecule has 3 aromatic heterocycles. The van der Waals surface area contributed by atoms with E-state index in [0.717, 1.165) is 22.7 Å². The number of hydrogen-bond acceptors (Lipinski definition) is 3. The minimum Gasteiger partial charge on any atom is -0.207 e. The average molecular weight is 265 g/mol. The highest BCUT2D eigenvalue weighted by Crippen LogP contribution is 2.35. The summed E-state index contributed by atoms with van der Waals surface area (Å²) < 4.78 is 4.22. The van der Waals surface area contributed by atoms with Gasteiger partial charge in [-0.25, -0.2) is 4.57 Å². The molecule has 0 unspecified atom stereocenters. The number of imidazole rings is 1. The Morgan fingerprint density at radius 1 is 1.16 bits per heavy atom. The fourth-order valence-corrected chi connectivity index (χ4v) is 3.98. The Hall–Kier alpha value is -2.27. The summed E-state index contributed by atoms with van der Waals surface area (Å²) in [5.41, 5.74) is 4.65. The molecule has 4 heterocycles. The van der Waals surface area contributed by atoms with E-state index in [0.29, 0.717) is 0 Å². The van der Waals surface area contributed by atoms with Gasteiger partial charge in [-0.1, -0.05) is 29.5 Å². The summed E-state index contributed by atoms with van der Waals surface area (Å²) in [6.07, 6.45) is 1.80. The maximum Gasteiger partial charge on any atom is 0.363 e. The Kier molecular flexibility index (Phi) is 1.62. The monoisotopic (exact) mass is 265 g/mol. The van der Waals surface area contributed by atoms with Crippen LogP contribution in [-0.4, -0.2) is 14.6 Å². The van der Waals surface area contributed by atoms with Crippen LogP contribution in [0.15, 0.2) is 42.6 Å². The topological polar surface area (TPSA) is 34.1 Å². The standard InChI is InChI=1S/C14H9N4S/c1-2-5-10-9(4-1)8-17-12-14(19-13(10)17)18-11(16-12)6-3-7-15-18/h1-7H,8H2/q+1. The predicted octanol–water partition coefficient (Wildman–Crippen LogP) is 2.26. The Labute approximate surface area is 112 Å². The summed E-state index contributed by atoms with van der Waals surface area (Å²) in [6, 6.07) is 12.5. The van der Waals surface area contributed by atoms with E-state index in [4.69, 9.17) is 4.98 Å². The molecule has 0 saturated carbocycles. The first-order chi connectivity index (χ1) is 9.42. The SMILES string of the molecule is c1ccc2c(c1)C[n+]1c-2sc2c1nc1cccnn12. The van der Waals surface area contributed by atoms with Crippen molar-refractivity contribution in [3.63, 3.8) is 0 Å². The molecule has 4 aromatic rings. The Morgan fingerprint density at radius 3 is 3.11 bits per heavy atom. The minimum absolute atomic E-state index is 0.912. The number of hydrogen-bond donors (Lipinski definition) is 0. The highest BCUT2D eigenvalue weighted by molar-refractivity contribution is 7.20. The lowest BCUT2D eigenvalue weighted by Gasteiger charge is -1.91. The van der Waals surface area contributed by atoms with Gasteiger partial charge in [-0.05, 0) is 17.1 Å². The summed E-state index contributed by atoms with van der Waals surface area (Å²) in [4.78, 5) is 5.83. The summed E-state index contributed by atoms with van der Waals surface area (Å²) >= 11 is 1.77. The second kappa shape index (κ2) is 3.19. The van der Waals surface area contributed by atoms with E-state index >= 15 is 0 Å². The lowest BCUT2D eigenvalue weighted by molar-refractivity contribution is -0.643. The summed E-state index contributed by atoms with van der Waals surface area (Å²) in [5.74, 6) is 0. The maximum absolute atomic E-state index is 4.70. The van der Waals surface area contributed by atoms with Crippen LogP contribution in [0, 0.1) is 0 Å². The molecule has 0 atom stereocenters. The van der Waals surface area contributed by atoms with Crippen LogP contribution in [0.1, 0.15) is 5.56 Å². The predicted molar refractivity (Wildman–Crippen MR) is 73.1 cm³/mol. The minimum atomic E-state index is 0.912. The summed E-state index contributed by atoms with van der Waals surface area (Å²) in [5, 5.41) is 5.67. The van der Waals surface area contributed by atoms with Gasteiger partial charge in [0.1, 0.15) is 6.54 Å². The van der Waals surface area contributed by atoms with Crippen LogP contribution in [0.4, 0.5) is 0 Å². The number of fused-ring (bicyclic) bond motifs is 7. The molecular formula is C14H9N4S+. The van der Waals surface area contributed by atoms with Gasteiger partial charge < -0.3 is 0 Å². The van der Waals surface area contributed by atoms with Gasteiger partial charge in [0.25, 0.3) is 5.65 Å². The summed E-state index contributed by atoms with van der Waals surface area (Å²) in [6.45, 7) is 0.912. The van der Waals surface area contributed by atoms with Gasteiger partial charge >= 0.3 is 5.65 Å². The molecule has 1 aromatic carbocycles. The van der Waals surface area contributed by atoms with Crippen LogP contribution >= 0.6 is 11.3 Å². The third kappa shape index (κ3) is 1.11. The van der Waals surface area contributed by atoms with Crippen molar-refractivity contribution < 1.29 is 4.57 Å². The van der Waals surface area contributed by atoms with Gasteiger partial charge in [0.15, 0.2) is 5.01 Å². The van der Waals surface area contributed by atoms with Crippen molar-refractivity contribution in [2.24, 2.45) is 0 Å². The van der Waals surface area contributed by atoms with E-state index in [1.165, 1.54) is 16.1 Å². The van der Waals surface area contributed by atoms with Gasteiger partial charge in [-0.3, -0.25) is 0 Å². The molecule has 0 fully saturated rings. The third-order valence-corrected chi connectivity index (χ3v) is 4.79. The van der Waals surface area contributed by atoms with Crippen LogP contribution in [0.3, 0.4) is 0 Å². The molecule has 0 aliphatic carbocycles. The lowest BCUT2D eigenvalue weighted by atomic mass is 10.1. The molecule has 0 bridgehead atoms. The normalized spacial score (nSPS) is 13.1. The number of aromatic nitrogens is 4. The molecule has 4 nitrogen and oxygen atoms in total. The van der Waals surface area contributed by atoms with Gasteiger partial charge in [-0.2, -0.15) is 9.61 Å². The van der Waals surface area contributed by atoms with Crippen molar-refractivity contribution in [2.45, 2.75) is 6.54 Å². The van der Waals surface area contributed by atoms with Crippen molar-refractivity contribution in [3.8, 4) is 10.6 Å². The molecule has 1 aliphatic heterocycles. The zero-order valence-electron chi connectivity index (χ0n) is 9.95. The zero-order chi connectivity index (χ0) is 12.4. The van der Waals surface area contributed by atoms with E-state index in [1.54, 1.807) is 17.5 Å². The quantitative estimate of drug-likeness (QED) is 0.402. The van der Waals surface area contributed by atoms with Crippen LogP contribution in [-0.2, 0) is 6.54 Å². The van der Waals surface area contributed by atoms with Crippen LogP contribution in [0.25, 0.3) is 26.7 Å². The maximum atomic E-state index is 4.70. The van der Waals surface area contributed by atoms with E-state index in [9.17, 15) is 0 Å². The smallest absolute Gasteiger partial charge is 0.207 e. The van der Waals surface area contributed by atoms with Gasteiger partial charge in [-0.15, -0.1) is 0 Å². The van der Waals surface area contributed by atoms with E-state index in [1.807, 2.05) is 16.6 Å². The molecule has 0 N–H and O–H groups in total. The number of benzene rings is 1. The van der Waals surface area contributed by atoms with Crippen molar-refractivity contribution in [1.29, 1.82) is 0 Å². The van der Waals surface area contributed by atoms with Gasteiger partial charge in [0.2, 0.25) is 4.83 Å². The Morgan fingerprint density at radius 2 is 2.11 bits per heavy atom. The first kappa shape index (κ1) is 9.63. The number of rotatable bonds is 0. The average Bonchev–Trinajstić information content (AvgIpc) is 3.07. The largest absolute Gasteiger partial charge is 0.363 e. The fourth-order valence-electron chi connectivity index (χ4n) is 2.75. The molecule has 1 aliphatic rings. The van der Waals surface area contributed by atoms with Crippen LogP contribution in [0.5, 0.6) is 0 Å². The van der Waals surface area contributed by atoms with E-state index in [2.05, 4.69) is 33.9 Å². The molecule has 0 spiro atoms. The van der Waals surface area contributed by atoms with Gasteiger partial charge in [0, 0.05) is 23.4 Å². The molecule has 0 radical (unpaired) electrons. The Balaban J connectivity index is 1.93. The molecule has 0 amide bonds. The van der Waals surface area contributed by atoms with Crippen LogP contribution in [0.2, 0.25) is 0 Å². The highest BCUT2D eigenvalue weighted by Gasteiger charge is 2.32. The second-order valence-electron chi connectivity index (χ2n) is 4.68. The Bertz CT molecular complexity index is 951. The molecule has 5 heteroatoms. The highest BCUT2D eigenvalue weighted by atomic mass is 32.1. The number of nitrogens with zero attached hydrogens (tertiary/aromatic N) is 4. The van der Waals surface area contributed by atoms with Gasteiger partial charge in [0.05, 0.1) is 0 Å². The van der Waals surface area contributed by atoms with Crippen molar-refractivity contribution >= 4 is 27.5 Å². The van der Waals surface area contributed by atoms with Crippen LogP contribution < -0.4 is 4.57 Å². The molecular weight excluding hydrogens is 256 g/mol. The first-order valence-electron chi connectivity index (χ1n) is 6.16. The molecule has 5 rings (SSSR count).